The molecule has 11 heteroatoms. The number of pyridine rings is 1. The van der Waals surface area contributed by atoms with Crippen LogP contribution in [0.25, 0.3) is 22.9 Å². The van der Waals surface area contributed by atoms with E-state index in [1.54, 1.807) is 41.7 Å². The molecule has 0 unspecified atom stereocenters. The minimum Gasteiger partial charge on any atom is -0.284 e. The summed E-state index contributed by atoms with van der Waals surface area (Å²) in [7, 11) is -2.90. The van der Waals surface area contributed by atoms with Crippen molar-refractivity contribution in [2.75, 3.05) is 0 Å². The van der Waals surface area contributed by atoms with Gasteiger partial charge in [-0.2, -0.15) is 13.5 Å². The van der Waals surface area contributed by atoms with Crippen molar-refractivity contribution < 1.29 is 17.8 Å². The van der Waals surface area contributed by atoms with Crippen LogP contribution >= 0.6 is 11.6 Å². The quantitative estimate of drug-likeness (QED) is 0.512. The first kappa shape index (κ1) is 18.1. The van der Waals surface area contributed by atoms with Crippen LogP contribution in [0.4, 0.5) is 0 Å². The average Bonchev–Trinajstić information content (AvgIpc) is 3.00. The zero-order valence-corrected chi connectivity index (χ0v) is 15.3. The predicted octanol–water partition coefficient (Wildman–Crippen LogP) is 1.65. The third-order valence-electron chi connectivity index (χ3n) is 3.61. The molecule has 0 bridgehead atoms. The molecule has 3 aromatic rings. The molecule has 0 aromatic carbocycles. The maximum Gasteiger partial charge on any atom is 0.359 e. The summed E-state index contributed by atoms with van der Waals surface area (Å²) >= 11 is 6.27. The maximum atomic E-state index is 11.6. The van der Waals surface area contributed by atoms with Crippen molar-refractivity contribution in [3.05, 3.63) is 46.9 Å². The first-order valence-electron chi connectivity index (χ1n) is 7.30. The third-order valence-corrected chi connectivity index (χ3v) is 4.37. The Hall–Kier alpha value is -2.69. The molecule has 0 saturated carbocycles. The van der Waals surface area contributed by atoms with Crippen LogP contribution in [-0.2, 0) is 22.1 Å². The molecular weight excluding hydrogens is 382 g/mol. The molecule has 26 heavy (non-hydrogen) atoms. The molecule has 3 rings (SSSR count). The standard InChI is InChI=1S/C15H14ClN5O4S/c1-9-10(5-6-13(22)19-26(23,24)25)15(20(2)18-9)21-8-12(16)11-4-3-7-17-14(11)21/h3-8H,1-2H3,(H,19,22)(H,23,24,25)/b6-5+. The molecule has 3 aromatic heterocycles. The van der Waals surface area contributed by atoms with Gasteiger partial charge in [0.15, 0.2) is 0 Å². The van der Waals surface area contributed by atoms with Crippen LogP contribution in [-0.4, -0.2) is 38.2 Å². The number of rotatable bonds is 4. The Morgan fingerprint density at radius 1 is 1.42 bits per heavy atom. The minimum atomic E-state index is -4.62. The fourth-order valence-electron chi connectivity index (χ4n) is 2.64. The zero-order chi connectivity index (χ0) is 19.1. The van der Waals surface area contributed by atoms with Crippen LogP contribution in [0.15, 0.2) is 30.6 Å². The van der Waals surface area contributed by atoms with E-state index in [1.807, 2.05) is 6.07 Å². The number of aromatic nitrogens is 4. The second-order valence-corrected chi connectivity index (χ2v) is 7.00. The van der Waals surface area contributed by atoms with Gasteiger partial charge in [0.25, 0.3) is 5.91 Å². The van der Waals surface area contributed by atoms with E-state index in [9.17, 15) is 13.2 Å². The van der Waals surface area contributed by atoms with Crippen molar-refractivity contribution >= 4 is 44.9 Å². The molecule has 0 aliphatic carbocycles. The van der Waals surface area contributed by atoms with E-state index in [0.29, 0.717) is 27.7 Å². The van der Waals surface area contributed by atoms with Crippen LogP contribution in [0, 0.1) is 6.92 Å². The number of aryl methyl sites for hydroxylation is 2. The van der Waals surface area contributed by atoms with E-state index >= 15 is 0 Å². The maximum absolute atomic E-state index is 11.6. The summed E-state index contributed by atoms with van der Waals surface area (Å²) in [5, 5.41) is 5.59. The molecule has 9 nitrogen and oxygen atoms in total. The van der Waals surface area contributed by atoms with Gasteiger partial charge in [-0.1, -0.05) is 11.6 Å². The molecule has 0 spiro atoms. The van der Waals surface area contributed by atoms with Gasteiger partial charge in [0.1, 0.15) is 11.5 Å². The van der Waals surface area contributed by atoms with Gasteiger partial charge in [-0.15, -0.1) is 0 Å². The number of amides is 1. The Balaban J connectivity index is 2.11. The number of carbonyl (C=O) groups is 1. The first-order valence-corrected chi connectivity index (χ1v) is 9.12. The van der Waals surface area contributed by atoms with Gasteiger partial charge in [-0.3, -0.25) is 18.6 Å². The van der Waals surface area contributed by atoms with Gasteiger partial charge >= 0.3 is 10.3 Å². The van der Waals surface area contributed by atoms with Crippen molar-refractivity contribution in [1.29, 1.82) is 0 Å². The monoisotopic (exact) mass is 395 g/mol. The number of fused-ring (bicyclic) bond motifs is 1. The average molecular weight is 396 g/mol. The van der Waals surface area contributed by atoms with Gasteiger partial charge in [0, 0.05) is 36.5 Å². The van der Waals surface area contributed by atoms with Crippen molar-refractivity contribution in [1.82, 2.24) is 24.1 Å². The lowest BCUT2D eigenvalue weighted by Gasteiger charge is -2.07. The van der Waals surface area contributed by atoms with Gasteiger partial charge < -0.3 is 0 Å². The lowest BCUT2D eigenvalue weighted by atomic mass is 10.2. The number of halogens is 1. The van der Waals surface area contributed by atoms with Gasteiger partial charge in [-0.05, 0) is 25.1 Å². The molecule has 0 fully saturated rings. The number of nitrogens with one attached hydrogen (secondary N) is 1. The summed E-state index contributed by atoms with van der Waals surface area (Å²) in [5.41, 5.74) is 1.78. The van der Waals surface area contributed by atoms with Crippen LogP contribution < -0.4 is 4.72 Å². The number of hydrogen-bond acceptors (Lipinski definition) is 5. The fraction of sp³-hybridized carbons (Fsp3) is 0.133. The largest absolute Gasteiger partial charge is 0.359 e. The molecule has 0 saturated heterocycles. The van der Waals surface area contributed by atoms with Gasteiger partial charge in [0.05, 0.1) is 10.7 Å². The van der Waals surface area contributed by atoms with E-state index in [-0.39, 0.29) is 0 Å². The molecule has 2 N–H and O–H groups in total. The molecule has 0 atom stereocenters. The Labute approximate surface area is 153 Å². The highest BCUT2D eigenvalue weighted by Gasteiger charge is 2.18. The highest BCUT2D eigenvalue weighted by molar-refractivity contribution is 7.84. The van der Waals surface area contributed by atoms with E-state index in [4.69, 9.17) is 16.2 Å². The number of nitrogens with zero attached hydrogens (tertiary/aromatic N) is 4. The molecular formula is C15H14ClN5O4S. The van der Waals surface area contributed by atoms with E-state index in [1.165, 1.54) is 10.8 Å². The molecule has 3 heterocycles. The molecule has 0 aliphatic rings. The van der Waals surface area contributed by atoms with Crippen molar-refractivity contribution in [3.63, 3.8) is 0 Å². The molecule has 136 valence electrons. The highest BCUT2D eigenvalue weighted by Crippen LogP contribution is 2.29. The van der Waals surface area contributed by atoms with Crippen molar-refractivity contribution in [2.24, 2.45) is 7.05 Å². The summed E-state index contributed by atoms with van der Waals surface area (Å²) in [5.74, 6) is -0.399. The third kappa shape index (κ3) is 3.47. The molecule has 0 aliphatic heterocycles. The fourth-order valence-corrected chi connectivity index (χ4v) is 3.21. The zero-order valence-electron chi connectivity index (χ0n) is 13.7. The summed E-state index contributed by atoms with van der Waals surface area (Å²) < 4.78 is 34.9. The van der Waals surface area contributed by atoms with Crippen LogP contribution in [0.3, 0.4) is 0 Å². The Bertz CT molecular complexity index is 1150. The molecule has 0 radical (unpaired) electrons. The second-order valence-electron chi connectivity index (χ2n) is 5.44. The smallest absolute Gasteiger partial charge is 0.284 e. The second kappa shape index (κ2) is 6.56. The lowest BCUT2D eigenvalue weighted by Crippen LogP contribution is -2.27. The number of carbonyl (C=O) groups excluding carboxylic acids is 1. The Morgan fingerprint density at radius 3 is 2.85 bits per heavy atom. The van der Waals surface area contributed by atoms with E-state index in [2.05, 4.69) is 10.1 Å². The number of hydrogen-bond donors (Lipinski definition) is 2. The van der Waals surface area contributed by atoms with Crippen molar-refractivity contribution in [2.45, 2.75) is 6.92 Å². The van der Waals surface area contributed by atoms with Gasteiger partial charge in [0.2, 0.25) is 0 Å². The molecule has 1 amide bonds. The van der Waals surface area contributed by atoms with Crippen LogP contribution in [0.5, 0.6) is 0 Å². The predicted molar refractivity (Wildman–Crippen MR) is 96.3 cm³/mol. The van der Waals surface area contributed by atoms with E-state index in [0.717, 1.165) is 11.5 Å². The summed E-state index contributed by atoms with van der Waals surface area (Å²) in [6.07, 6.45) is 5.71. The van der Waals surface area contributed by atoms with Crippen LogP contribution in [0.2, 0.25) is 5.02 Å². The van der Waals surface area contributed by atoms with Gasteiger partial charge in [-0.25, -0.2) is 9.71 Å². The SMILES string of the molecule is Cc1nn(C)c(-n2cc(Cl)c3cccnc32)c1/C=C/C(=O)NS(=O)(=O)O. The van der Waals surface area contributed by atoms with E-state index < -0.39 is 16.2 Å². The topological polar surface area (TPSA) is 119 Å². The Kier molecular flexibility index (Phi) is 4.57. The summed E-state index contributed by atoms with van der Waals surface area (Å²) in [6, 6.07) is 3.60. The Morgan fingerprint density at radius 2 is 2.15 bits per heavy atom. The normalized spacial score (nSPS) is 12.2. The summed E-state index contributed by atoms with van der Waals surface area (Å²) in [6.45, 7) is 1.74. The minimum absolute atomic E-state index is 0.506. The lowest BCUT2D eigenvalue weighted by molar-refractivity contribution is -0.114. The van der Waals surface area contributed by atoms with Crippen molar-refractivity contribution in [3.8, 4) is 5.82 Å². The summed E-state index contributed by atoms with van der Waals surface area (Å²) in [4.78, 5) is 15.9. The highest BCUT2D eigenvalue weighted by atomic mass is 35.5. The first-order chi connectivity index (χ1) is 12.2. The van der Waals surface area contributed by atoms with Crippen LogP contribution in [0.1, 0.15) is 11.3 Å².